The zero-order valence-corrected chi connectivity index (χ0v) is 13.3. The number of likely N-dealkylation sites (N-methyl/N-ethyl adjacent to an activating group) is 1. The highest BCUT2D eigenvalue weighted by molar-refractivity contribution is 5.78. The van der Waals surface area contributed by atoms with Gasteiger partial charge in [-0.3, -0.25) is 0 Å². The van der Waals surface area contributed by atoms with Gasteiger partial charge in [0.25, 0.3) is 0 Å². The Hall–Kier alpha value is -1.80. The Morgan fingerprint density at radius 1 is 0.952 bits per heavy atom. The number of hydrogen-bond acceptors (Lipinski definition) is 2. The van der Waals surface area contributed by atoms with Crippen molar-refractivity contribution in [2.75, 3.05) is 13.6 Å². The molecule has 0 amide bonds. The van der Waals surface area contributed by atoms with Crippen LogP contribution in [0.3, 0.4) is 0 Å². The molecule has 2 aromatic rings. The maximum Gasteiger partial charge on any atom is 0.126 e. The van der Waals surface area contributed by atoms with Gasteiger partial charge in [0.1, 0.15) is 5.75 Å². The number of fused-ring (bicyclic) bond motifs is 1. The van der Waals surface area contributed by atoms with E-state index < -0.39 is 0 Å². The summed E-state index contributed by atoms with van der Waals surface area (Å²) in [7, 11) is 2.16. The average molecular weight is 281 g/mol. The van der Waals surface area contributed by atoms with Crippen LogP contribution in [0.25, 0.3) is 11.1 Å². The Morgan fingerprint density at radius 2 is 1.62 bits per heavy atom. The lowest BCUT2D eigenvalue weighted by Gasteiger charge is -2.30. The quantitative estimate of drug-likeness (QED) is 0.855. The van der Waals surface area contributed by atoms with Crippen molar-refractivity contribution < 1.29 is 5.11 Å². The number of phenolic OH excluding ortho intramolecular Hbond substituents is 1. The van der Waals surface area contributed by atoms with Crippen LogP contribution in [0.15, 0.2) is 24.3 Å². The molecule has 21 heavy (non-hydrogen) atoms. The largest absolute Gasteiger partial charge is 0.507 e. The van der Waals surface area contributed by atoms with Gasteiger partial charge in [0.15, 0.2) is 0 Å². The molecule has 110 valence electrons. The minimum atomic E-state index is 0.458. The Bertz CT molecular complexity index is 686. The molecule has 0 aliphatic carbocycles. The second kappa shape index (κ2) is 5.19. The Labute approximate surface area is 127 Å². The number of aromatic hydroxyl groups is 1. The van der Waals surface area contributed by atoms with Crippen LogP contribution in [0.4, 0.5) is 0 Å². The number of phenols is 1. The third-order valence-corrected chi connectivity index (χ3v) is 4.75. The minimum Gasteiger partial charge on any atom is -0.507 e. The molecule has 3 rings (SSSR count). The molecule has 0 unspecified atom stereocenters. The minimum absolute atomic E-state index is 0.458. The standard InChI is InChI=1S/C19H23NO/c1-12-5-7-15(8-6-12)18-13(2)17-11-20(4)10-9-16(17)14(3)19(18)21/h5-8,21H,9-11H2,1-4H3. The molecule has 2 heteroatoms. The maximum atomic E-state index is 10.7. The van der Waals surface area contributed by atoms with Crippen molar-refractivity contribution in [2.24, 2.45) is 0 Å². The first-order valence-electron chi connectivity index (χ1n) is 7.58. The van der Waals surface area contributed by atoms with Crippen molar-refractivity contribution in [1.82, 2.24) is 4.90 Å². The summed E-state index contributed by atoms with van der Waals surface area (Å²) >= 11 is 0. The van der Waals surface area contributed by atoms with Crippen LogP contribution in [0.5, 0.6) is 5.75 Å². The second-order valence-electron chi connectivity index (χ2n) is 6.28. The van der Waals surface area contributed by atoms with Crippen molar-refractivity contribution in [2.45, 2.75) is 33.7 Å². The van der Waals surface area contributed by atoms with E-state index >= 15 is 0 Å². The highest BCUT2D eigenvalue weighted by atomic mass is 16.3. The predicted molar refractivity (Wildman–Crippen MR) is 87.8 cm³/mol. The molecule has 1 N–H and O–H groups in total. The summed E-state index contributed by atoms with van der Waals surface area (Å²) in [6.07, 6.45) is 1.03. The zero-order chi connectivity index (χ0) is 15.1. The second-order valence-corrected chi connectivity index (χ2v) is 6.28. The molecule has 0 atom stereocenters. The van der Waals surface area contributed by atoms with Gasteiger partial charge in [0.2, 0.25) is 0 Å². The lowest BCUT2D eigenvalue weighted by atomic mass is 9.85. The fourth-order valence-electron chi connectivity index (χ4n) is 3.39. The van der Waals surface area contributed by atoms with Gasteiger partial charge < -0.3 is 10.0 Å². The predicted octanol–water partition coefficient (Wildman–Crippen LogP) is 3.97. The molecule has 0 aromatic heterocycles. The van der Waals surface area contributed by atoms with E-state index in [9.17, 15) is 5.11 Å². The fraction of sp³-hybridized carbons (Fsp3) is 0.368. The van der Waals surface area contributed by atoms with E-state index in [-0.39, 0.29) is 0 Å². The van der Waals surface area contributed by atoms with Gasteiger partial charge in [-0.25, -0.2) is 0 Å². The molecule has 0 fully saturated rings. The summed E-state index contributed by atoms with van der Waals surface area (Å²) in [6, 6.07) is 8.43. The SMILES string of the molecule is Cc1ccc(-c2c(C)c3c(c(C)c2O)CCN(C)C3)cc1. The van der Waals surface area contributed by atoms with E-state index in [1.165, 1.54) is 22.3 Å². The summed E-state index contributed by atoms with van der Waals surface area (Å²) < 4.78 is 0. The lowest BCUT2D eigenvalue weighted by molar-refractivity contribution is 0.310. The smallest absolute Gasteiger partial charge is 0.126 e. The third-order valence-electron chi connectivity index (χ3n) is 4.75. The maximum absolute atomic E-state index is 10.7. The Balaban J connectivity index is 2.24. The van der Waals surface area contributed by atoms with Crippen LogP contribution in [0, 0.1) is 20.8 Å². The normalized spacial score (nSPS) is 15.0. The van der Waals surface area contributed by atoms with Crippen LogP contribution in [-0.4, -0.2) is 23.6 Å². The molecule has 1 aliphatic heterocycles. The highest BCUT2D eigenvalue weighted by Crippen LogP contribution is 2.41. The molecule has 0 saturated heterocycles. The molecule has 0 bridgehead atoms. The van der Waals surface area contributed by atoms with Gasteiger partial charge >= 0.3 is 0 Å². The fourth-order valence-corrected chi connectivity index (χ4v) is 3.39. The van der Waals surface area contributed by atoms with Gasteiger partial charge in [-0.2, -0.15) is 0 Å². The summed E-state index contributed by atoms with van der Waals surface area (Å²) in [5.74, 6) is 0.458. The van der Waals surface area contributed by atoms with Crippen LogP contribution in [0.2, 0.25) is 0 Å². The Kier molecular flexibility index (Phi) is 3.50. The number of benzene rings is 2. The van der Waals surface area contributed by atoms with E-state index in [1.54, 1.807) is 0 Å². The van der Waals surface area contributed by atoms with Gasteiger partial charge in [0, 0.05) is 18.7 Å². The van der Waals surface area contributed by atoms with Crippen LogP contribution in [-0.2, 0) is 13.0 Å². The van der Waals surface area contributed by atoms with Gasteiger partial charge in [0.05, 0.1) is 0 Å². The average Bonchev–Trinajstić information content (AvgIpc) is 2.47. The molecule has 0 saturated carbocycles. The van der Waals surface area contributed by atoms with Crippen LogP contribution in [0.1, 0.15) is 27.8 Å². The number of hydrogen-bond donors (Lipinski definition) is 1. The van der Waals surface area contributed by atoms with Crippen molar-refractivity contribution in [1.29, 1.82) is 0 Å². The third kappa shape index (κ3) is 2.34. The van der Waals surface area contributed by atoms with Gasteiger partial charge in [-0.15, -0.1) is 0 Å². The van der Waals surface area contributed by atoms with E-state index in [0.29, 0.717) is 5.75 Å². The van der Waals surface area contributed by atoms with Gasteiger partial charge in [-0.1, -0.05) is 29.8 Å². The first-order valence-corrected chi connectivity index (χ1v) is 7.58. The van der Waals surface area contributed by atoms with E-state index in [4.69, 9.17) is 0 Å². The highest BCUT2D eigenvalue weighted by Gasteiger charge is 2.23. The zero-order valence-electron chi connectivity index (χ0n) is 13.3. The summed E-state index contributed by atoms with van der Waals surface area (Å²) in [5, 5.41) is 10.7. The summed E-state index contributed by atoms with van der Waals surface area (Å²) in [4.78, 5) is 2.35. The topological polar surface area (TPSA) is 23.5 Å². The molecule has 1 heterocycles. The van der Waals surface area contributed by atoms with Gasteiger partial charge in [-0.05, 0) is 62.1 Å². The molecular formula is C19H23NO. The number of aryl methyl sites for hydroxylation is 1. The van der Waals surface area contributed by atoms with E-state index in [0.717, 1.165) is 36.2 Å². The van der Waals surface area contributed by atoms with Crippen LogP contribution < -0.4 is 0 Å². The molecule has 1 aliphatic rings. The van der Waals surface area contributed by atoms with Crippen molar-refractivity contribution >= 4 is 0 Å². The molecule has 2 nitrogen and oxygen atoms in total. The lowest BCUT2D eigenvalue weighted by Crippen LogP contribution is -2.28. The molecule has 0 radical (unpaired) electrons. The molecular weight excluding hydrogens is 258 g/mol. The van der Waals surface area contributed by atoms with Crippen molar-refractivity contribution in [3.8, 4) is 16.9 Å². The first kappa shape index (κ1) is 14.2. The monoisotopic (exact) mass is 281 g/mol. The summed E-state index contributed by atoms with van der Waals surface area (Å²) in [5.41, 5.74) is 8.37. The van der Waals surface area contributed by atoms with Crippen molar-refractivity contribution in [3.63, 3.8) is 0 Å². The number of rotatable bonds is 1. The van der Waals surface area contributed by atoms with E-state index in [1.807, 2.05) is 0 Å². The van der Waals surface area contributed by atoms with Crippen molar-refractivity contribution in [3.05, 3.63) is 52.1 Å². The Morgan fingerprint density at radius 3 is 2.29 bits per heavy atom. The number of nitrogens with zero attached hydrogens (tertiary/aromatic N) is 1. The summed E-state index contributed by atoms with van der Waals surface area (Å²) in [6.45, 7) is 8.32. The molecule has 0 spiro atoms. The first-order chi connectivity index (χ1) is 9.99. The van der Waals surface area contributed by atoms with E-state index in [2.05, 4.69) is 57.0 Å². The van der Waals surface area contributed by atoms with Crippen LogP contribution >= 0.6 is 0 Å². The molecule has 2 aromatic carbocycles.